The molecule has 1 amide bonds. The number of hydrogen-bond acceptors (Lipinski definition) is 6. The van der Waals surface area contributed by atoms with Gasteiger partial charge in [-0.2, -0.15) is 0 Å². The number of aromatic amines is 1. The summed E-state index contributed by atoms with van der Waals surface area (Å²) < 4.78 is 22.8. The normalized spacial score (nSPS) is 13.1. The van der Waals surface area contributed by atoms with Gasteiger partial charge in [0.2, 0.25) is 5.91 Å². The zero-order chi connectivity index (χ0) is 16.6. The van der Waals surface area contributed by atoms with Crippen LogP contribution < -0.4 is 5.32 Å². The fourth-order valence-electron chi connectivity index (χ4n) is 2.02. The maximum absolute atomic E-state index is 11.9. The fraction of sp³-hybridized carbons (Fsp3) is 0.214. The van der Waals surface area contributed by atoms with Crippen LogP contribution in [0.5, 0.6) is 0 Å². The van der Waals surface area contributed by atoms with E-state index in [1.165, 1.54) is 18.3 Å². The molecule has 3 aromatic heterocycles. The highest BCUT2D eigenvalue weighted by Gasteiger charge is 2.24. The smallest absolute Gasteiger partial charge is 0.244 e. The minimum atomic E-state index is -3.44. The van der Waals surface area contributed by atoms with Gasteiger partial charge in [-0.25, -0.2) is 18.4 Å². The van der Waals surface area contributed by atoms with E-state index in [9.17, 15) is 13.2 Å². The number of anilines is 1. The Morgan fingerprint density at radius 3 is 2.96 bits per heavy atom. The number of nitrogens with zero attached hydrogens (tertiary/aromatic N) is 2. The first-order chi connectivity index (χ1) is 10.9. The second-order valence-electron chi connectivity index (χ2n) is 5.10. The highest BCUT2D eigenvalue weighted by Crippen LogP contribution is 2.30. The predicted molar refractivity (Wildman–Crippen MR) is 90.1 cm³/mol. The van der Waals surface area contributed by atoms with Crippen LogP contribution in [0.25, 0.3) is 22.3 Å². The minimum absolute atomic E-state index is 0.360. The Morgan fingerprint density at radius 2 is 2.22 bits per heavy atom. The van der Waals surface area contributed by atoms with Crippen molar-refractivity contribution in [3.05, 3.63) is 29.9 Å². The first-order valence-electron chi connectivity index (χ1n) is 6.74. The molecule has 3 heterocycles. The summed E-state index contributed by atoms with van der Waals surface area (Å²) >= 11 is 1.24. The van der Waals surface area contributed by atoms with Gasteiger partial charge in [0.15, 0.2) is 15.0 Å². The molecule has 0 aliphatic heterocycles. The summed E-state index contributed by atoms with van der Waals surface area (Å²) in [5.74, 6) is -0.589. The minimum Gasteiger partial charge on any atom is -0.345 e. The van der Waals surface area contributed by atoms with Crippen molar-refractivity contribution in [1.82, 2.24) is 15.0 Å². The fourth-order valence-corrected chi connectivity index (χ4v) is 3.19. The van der Waals surface area contributed by atoms with Crippen molar-refractivity contribution in [2.24, 2.45) is 0 Å². The number of amides is 1. The molecule has 0 aromatic carbocycles. The molecular weight excluding hydrogens is 336 g/mol. The van der Waals surface area contributed by atoms with Crippen LogP contribution in [0.4, 0.5) is 5.13 Å². The van der Waals surface area contributed by atoms with E-state index in [-0.39, 0.29) is 0 Å². The SMILES string of the molecule is CC(C(=O)Nc1nc(-c2c[nH]c3ncccc23)cs1)S(C)(=O)=O. The lowest BCUT2D eigenvalue weighted by atomic mass is 10.2. The molecule has 23 heavy (non-hydrogen) atoms. The van der Waals surface area contributed by atoms with Gasteiger partial charge in [-0.05, 0) is 19.1 Å². The average molecular weight is 350 g/mol. The maximum Gasteiger partial charge on any atom is 0.244 e. The standard InChI is InChI=1S/C14H14N4O3S2/c1-8(23(2,20)21)13(19)18-14-17-11(7-22-14)10-6-16-12-9(10)4-3-5-15-12/h3-8H,1-2H3,(H,15,16)(H,17,18,19). The van der Waals surface area contributed by atoms with E-state index in [0.29, 0.717) is 10.8 Å². The van der Waals surface area contributed by atoms with Crippen LogP contribution in [0.1, 0.15) is 6.92 Å². The van der Waals surface area contributed by atoms with E-state index in [2.05, 4.69) is 20.3 Å². The molecule has 0 saturated carbocycles. The quantitative estimate of drug-likeness (QED) is 0.749. The van der Waals surface area contributed by atoms with Crippen molar-refractivity contribution in [3.8, 4) is 11.3 Å². The molecule has 120 valence electrons. The molecule has 0 radical (unpaired) electrons. The molecule has 3 rings (SSSR count). The third-order valence-electron chi connectivity index (χ3n) is 3.47. The van der Waals surface area contributed by atoms with Gasteiger partial charge in [0.05, 0.1) is 5.69 Å². The zero-order valence-corrected chi connectivity index (χ0v) is 14.0. The Labute approximate surface area is 136 Å². The van der Waals surface area contributed by atoms with Gasteiger partial charge < -0.3 is 10.3 Å². The first-order valence-corrected chi connectivity index (χ1v) is 9.57. The Balaban J connectivity index is 1.85. The van der Waals surface area contributed by atoms with Gasteiger partial charge in [-0.1, -0.05) is 0 Å². The summed E-state index contributed by atoms with van der Waals surface area (Å²) in [7, 11) is -3.44. The number of sulfone groups is 1. The molecule has 0 aliphatic rings. The zero-order valence-electron chi connectivity index (χ0n) is 12.4. The van der Waals surface area contributed by atoms with Crippen LogP contribution in [-0.2, 0) is 14.6 Å². The monoisotopic (exact) mass is 350 g/mol. The van der Waals surface area contributed by atoms with E-state index in [1.807, 2.05) is 12.1 Å². The molecule has 1 atom stereocenters. The van der Waals surface area contributed by atoms with Crippen molar-refractivity contribution in [2.45, 2.75) is 12.2 Å². The summed E-state index contributed by atoms with van der Waals surface area (Å²) in [6.07, 6.45) is 4.53. The molecule has 9 heteroatoms. The van der Waals surface area contributed by atoms with Crippen LogP contribution in [0.2, 0.25) is 0 Å². The number of H-pyrrole nitrogens is 1. The number of thiazole rings is 1. The molecule has 2 N–H and O–H groups in total. The summed E-state index contributed by atoms with van der Waals surface area (Å²) in [6, 6.07) is 3.76. The second-order valence-corrected chi connectivity index (χ2v) is 8.33. The van der Waals surface area contributed by atoms with Crippen LogP contribution in [0, 0.1) is 0 Å². The van der Waals surface area contributed by atoms with Gasteiger partial charge in [0.25, 0.3) is 0 Å². The van der Waals surface area contributed by atoms with Crippen LogP contribution in [0.3, 0.4) is 0 Å². The van der Waals surface area contributed by atoms with Gasteiger partial charge in [0, 0.05) is 35.0 Å². The van der Waals surface area contributed by atoms with Crippen molar-refractivity contribution in [2.75, 3.05) is 11.6 Å². The molecule has 1 unspecified atom stereocenters. The number of hydrogen-bond donors (Lipinski definition) is 2. The van der Waals surface area contributed by atoms with Gasteiger partial charge >= 0.3 is 0 Å². The molecular formula is C14H14N4O3S2. The second kappa shape index (κ2) is 5.74. The van der Waals surface area contributed by atoms with Crippen LogP contribution in [0.15, 0.2) is 29.9 Å². The van der Waals surface area contributed by atoms with E-state index >= 15 is 0 Å². The topological polar surface area (TPSA) is 105 Å². The predicted octanol–water partition coefficient (Wildman–Crippen LogP) is 2.06. The van der Waals surface area contributed by atoms with E-state index in [1.54, 1.807) is 17.8 Å². The van der Waals surface area contributed by atoms with E-state index in [0.717, 1.165) is 22.9 Å². The summed E-state index contributed by atoms with van der Waals surface area (Å²) in [5, 5.41) is 4.52. The Bertz CT molecular complexity index is 975. The number of carbonyl (C=O) groups excluding carboxylic acids is 1. The summed E-state index contributed by atoms with van der Waals surface area (Å²) in [4.78, 5) is 23.6. The number of fused-ring (bicyclic) bond motifs is 1. The molecule has 0 aliphatic carbocycles. The highest BCUT2D eigenvalue weighted by molar-refractivity contribution is 7.92. The van der Waals surface area contributed by atoms with Crippen LogP contribution >= 0.6 is 11.3 Å². The molecule has 7 nitrogen and oxygen atoms in total. The molecule has 3 aromatic rings. The largest absolute Gasteiger partial charge is 0.345 e. The Hall–Kier alpha value is -2.26. The van der Waals surface area contributed by atoms with E-state index in [4.69, 9.17) is 0 Å². The lowest BCUT2D eigenvalue weighted by Gasteiger charge is -2.07. The summed E-state index contributed by atoms with van der Waals surface area (Å²) in [6.45, 7) is 1.35. The van der Waals surface area contributed by atoms with E-state index < -0.39 is 21.0 Å². The van der Waals surface area contributed by atoms with Crippen molar-refractivity contribution >= 4 is 43.2 Å². The maximum atomic E-state index is 11.9. The van der Waals surface area contributed by atoms with Gasteiger partial charge in [0.1, 0.15) is 10.9 Å². The molecule has 0 fully saturated rings. The number of rotatable bonds is 4. The Kier molecular flexibility index (Phi) is 3.90. The highest BCUT2D eigenvalue weighted by atomic mass is 32.2. The van der Waals surface area contributed by atoms with Crippen molar-refractivity contribution in [1.29, 1.82) is 0 Å². The molecule has 0 bridgehead atoms. The molecule has 0 spiro atoms. The van der Waals surface area contributed by atoms with Gasteiger partial charge in [-0.15, -0.1) is 11.3 Å². The third-order valence-corrected chi connectivity index (χ3v) is 5.73. The lowest BCUT2D eigenvalue weighted by Crippen LogP contribution is -2.31. The average Bonchev–Trinajstić information content (AvgIpc) is 3.11. The number of carbonyl (C=O) groups is 1. The first kappa shape index (κ1) is 15.6. The summed E-state index contributed by atoms with van der Waals surface area (Å²) in [5.41, 5.74) is 2.32. The molecule has 0 saturated heterocycles. The van der Waals surface area contributed by atoms with Crippen molar-refractivity contribution < 1.29 is 13.2 Å². The van der Waals surface area contributed by atoms with Crippen molar-refractivity contribution in [3.63, 3.8) is 0 Å². The Morgan fingerprint density at radius 1 is 1.43 bits per heavy atom. The third kappa shape index (κ3) is 3.10. The number of pyridine rings is 1. The van der Waals surface area contributed by atoms with Gasteiger partial charge in [-0.3, -0.25) is 4.79 Å². The van der Waals surface area contributed by atoms with Crippen LogP contribution in [-0.4, -0.2) is 40.8 Å². The number of aromatic nitrogens is 3. The lowest BCUT2D eigenvalue weighted by molar-refractivity contribution is -0.115. The number of nitrogens with one attached hydrogen (secondary N) is 2.